The Kier molecular flexibility index (Phi) is 4.07. The fraction of sp³-hybridized carbons (Fsp3) is 0.500. The summed E-state index contributed by atoms with van der Waals surface area (Å²) < 4.78 is 36.7. The van der Waals surface area contributed by atoms with Crippen LogP contribution in [0.4, 0.5) is 8.78 Å². The van der Waals surface area contributed by atoms with Crippen LogP contribution in [0.15, 0.2) is 6.07 Å². The monoisotopic (exact) mass is 236 g/mol. The number of aromatic nitrogens is 2. The van der Waals surface area contributed by atoms with E-state index in [9.17, 15) is 17.8 Å². The Morgan fingerprint density at radius 1 is 1.67 bits per heavy atom. The van der Waals surface area contributed by atoms with E-state index in [0.717, 1.165) is 10.7 Å². The number of nitrogens with zero attached hydrogens (tertiary/aromatic N) is 2. The highest BCUT2D eigenvalue weighted by Crippen LogP contribution is 2.19. The van der Waals surface area contributed by atoms with Crippen LogP contribution in [0.5, 0.6) is 0 Å². The van der Waals surface area contributed by atoms with Gasteiger partial charge in [-0.1, -0.05) is 0 Å². The Morgan fingerprint density at radius 2 is 2.33 bits per heavy atom. The zero-order valence-corrected chi connectivity index (χ0v) is 8.84. The number of aryl methyl sites for hydroxylation is 1. The van der Waals surface area contributed by atoms with E-state index in [1.807, 2.05) is 0 Å². The lowest BCUT2D eigenvalue weighted by Gasteiger charge is -2.04. The van der Waals surface area contributed by atoms with Crippen molar-refractivity contribution in [3.8, 4) is 0 Å². The van der Waals surface area contributed by atoms with Crippen LogP contribution < -0.4 is 0 Å². The van der Waals surface area contributed by atoms with Crippen LogP contribution in [0.1, 0.15) is 22.6 Å². The Bertz CT molecular complexity index is 379. The highest BCUT2D eigenvalue weighted by atomic mass is 32.2. The molecule has 0 amide bonds. The summed E-state index contributed by atoms with van der Waals surface area (Å²) in [6.45, 7) is 0.122. The van der Waals surface area contributed by atoms with Crippen molar-refractivity contribution in [3.63, 3.8) is 0 Å². The van der Waals surface area contributed by atoms with Crippen LogP contribution in [-0.2, 0) is 17.3 Å². The van der Waals surface area contributed by atoms with Crippen molar-refractivity contribution in [3.05, 3.63) is 17.5 Å². The highest BCUT2D eigenvalue weighted by Gasteiger charge is 2.16. The molecule has 1 heterocycles. The molecule has 0 aliphatic carbocycles. The van der Waals surface area contributed by atoms with Gasteiger partial charge in [0.2, 0.25) is 0 Å². The molecule has 0 saturated carbocycles. The summed E-state index contributed by atoms with van der Waals surface area (Å²) in [6, 6.07) is 1.04. The molecule has 0 radical (unpaired) electrons. The minimum atomic E-state index is -2.68. The molecule has 0 fully saturated rings. The first-order valence-corrected chi connectivity index (χ1v) is 5.88. The van der Waals surface area contributed by atoms with Crippen LogP contribution in [0.2, 0.25) is 0 Å². The highest BCUT2D eigenvalue weighted by molar-refractivity contribution is 7.84. The third-order valence-corrected chi connectivity index (χ3v) is 2.52. The maximum Gasteiger partial charge on any atom is 0.280 e. The maximum atomic E-state index is 12.4. The molecular formula is C8H10F2N2O2S. The largest absolute Gasteiger partial charge is 0.296 e. The lowest BCUT2D eigenvalue weighted by atomic mass is 10.4. The molecule has 4 nitrogen and oxygen atoms in total. The number of halogens is 2. The summed E-state index contributed by atoms with van der Waals surface area (Å²) in [5.74, 6) is 0.236. The molecule has 0 saturated heterocycles. The number of rotatable bonds is 5. The average Bonchev–Trinajstić information content (AvgIpc) is 2.57. The summed E-state index contributed by atoms with van der Waals surface area (Å²) in [4.78, 5) is 10.4. The molecule has 0 aliphatic heterocycles. The van der Waals surface area contributed by atoms with Gasteiger partial charge in [0, 0.05) is 22.8 Å². The first-order valence-electron chi connectivity index (χ1n) is 4.15. The van der Waals surface area contributed by atoms with Gasteiger partial charge in [-0.25, -0.2) is 8.78 Å². The minimum Gasteiger partial charge on any atom is -0.296 e. The lowest BCUT2D eigenvalue weighted by molar-refractivity contribution is 0.111. The number of hydrogen-bond acceptors (Lipinski definition) is 3. The summed E-state index contributed by atoms with van der Waals surface area (Å²) in [6.07, 6.45) is -0.797. The Hall–Kier alpha value is -1.11. The van der Waals surface area contributed by atoms with Gasteiger partial charge in [-0.2, -0.15) is 5.10 Å². The Balaban J connectivity index is 2.88. The van der Waals surface area contributed by atoms with Gasteiger partial charge in [-0.05, 0) is 6.07 Å². The van der Waals surface area contributed by atoms with Gasteiger partial charge < -0.3 is 0 Å². The average molecular weight is 236 g/mol. The van der Waals surface area contributed by atoms with Crippen molar-refractivity contribution in [2.24, 2.45) is 0 Å². The predicted octanol–water partition coefficient (Wildman–Crippen LogP) is 1.01. The Morgan fingerprint density at radius 3 is 2.80 bits per heavy atom. The molecule has 84 valence electrons. The van der Waals surface area contributed by atoms with Gasteiger partial charge >= 0.3 is 0 Å². The first kappa shape index (κ1) is 12.0. The van der Waals surface area contributed by atoms with E-state index >= 15 is 0 Å². The smallest absolute Gasteiger partial charge is 0.280 e. The van der Waals surface area contributed by atoms with Crippen molar-refractivity contribution < 1.29 is 17.8 Å². The van der Waals surface area contributed by atoms with E-state index in [1.54, 1.807) is 0 Å². The zero-order valence-electron chi connectivity index (χ0n) is 8.02. The van der Waals surface area contributed by atoms with E-state index in [1.165, 1.54) is 6.26 Å². The Labute approximate surface area is 87.7 Å². The van der Waals surface area contributed by atoms with E-state index in [-0.39, 0.29) is 23.7 Å². The molecule has 1 atom stereocenters. The number of alkyl halides is 2. The van der Waals surface area contributed by atoms with Gasteiger partial charge in [-0.15, -0.1) is 0 Å². The molecule has 1 unspecified atom stereocenters. The van der Waals surface area contributed by atoms with Crippen molar-refractivity contribution >= 4 is 17.1 Å². The van der Waals surface area contributed by atoms with Crippen molar-refractivity contribution in [1.29, 1.82) is 0 Å². The number of carbonyl (C=O) groups is 1. The van der Waals surface area contributed by atoms with E-state index in [4.69, 9.17) is 0 Å². The molecule has 1 aromatic heterocycles. The second kappa shape index (κ2) is 5.11. The van der Waals surface area contributed by atoms with Crippen molar-refractivity contribution in [2.75, 3.05) is 12.0 Å². The molecule has 1 rings (SSSR count). The third kappa shape index (κ3) is 3.19. The molecule has 0 bridgehead atoms. The van der Waals surface area contributed by atoms with Crippen molar-refractivity contribution in [2.45, 2.75) is 13.0 Å². The van der Waals surface area contributed by atoms with E-state index in [0.29, 0.717) is 6.29 Å². The second-order valence-corrected chi connectivity index (χ2v) is 4.47. The van der Waals surface area contributed by atoms with E-state index in [2.05, 4.69) is 5.10 Å². The molecule has 15 heavy (non-hydrogen) atoms. The number of aldehydes is 1. The molecule has 0 N–H and O–H groups in total. The van der Waals surface area contributed by atoms with Gasteiger partial charge in [0.1, 0.15) is 11.4 Å². The molecule has 1 aromatic rings. The summed E-state index contributed by atoms with van der Waals surface area (Å²) in [7, 11) is -1.07. The van der Waals surface area contributed by atoms with Crippen LogP contribution >= 0.6 is 0 Å². The van der Waals surface area contributed by atoms with Gasteiger partial charge in [0.05, 0.1) is 6.54 Å². The van der Waals surface area contributed by atoms with Crippen molar-refractivity contribution in [1.82, 2.24) is 9.78 Å². The minimum absolute atomic E-state index is 0.0350. The van der Waals surface area contributed by atoms with Crippen LogP contribution in [0.3, 0.4) is 0 Å². The quantitative estimate of drug-likeness (QED) is 0.717. The van der Waals surface area contributed by atoms with E-state index < -0.39 is 17.2 Å². The standard InChI is InChI=1S/C8H10F2N2O2S/c1-15(14)3-2-12-7(8(9)10)4-6(5-13)11-12/h4-5,8H,2-3H2,1H3. The lowest BCUT2D eigenvalue weighted by Crippen LogP contribution is -2.11. The molecule has 0 spiro atoms. The maximum absolute atomic E-state index is 12.4. The van der Waals surface area contributed by atoms with Crippen LogP contribution in [-0.4, -0.2) is 32.3 Å². The molecular weight excluding hydrogens is 226 g/mol. The SMILES string of the molecule is CS(=O)CCn1nc(C=O)cc1C(F)F. The zero-order chi connectivity index (χ0) is 11.4. The first-order chi connectivity index (χ1) is 7.04. The van der Waals surface area contributed by atoms with Gasteiger partial charge in [-0.3, -0.25) is 13.7 Å². The van der Waals surface area contributed by atoms with Gasteiger partial charge in [0.25, 0.3) is 6.43 Å². The van der Waals surface area contributed by atoms with Crippen LogP contribution in [0, 0.1) is 0 Å². The number of carbonyl (C=O) groups excluding carboxylic acids is 1. The summed E-state index contributed by atoms with van der Waals surface area (Å²) in [5.41, 5.74) is -0.352. The normalized spacial score (nSPS) is 13.1. The summed E-state index contributed by atoms with van der Waals surface area (Å²) >= 11 is 0. The molecule has 0 aliphatic rings. The topological polar surface area (TPSA) is 52.0 Å². The molecule has 0 aromatic carbocycles. The number of hydrogen-bond donors (Lipinski definition) is 0. The van der Waals surface area contributed by atoms with Crippen LogP contribution in [0.25, 0.3) is 0 Å². The second-order valence-electron chi connectivity index (χ2n) is 2.91. The fourth-order valence-electron chi connectivity index (χ4n) is 1.08. The predicted molar refractivity (Wildman–Crippen MR) is 51.5 cm³/mol. The fourth-order valence-corrected chi connectivity index (χ4v) is 1.51. The molecule has 7 heteroatoms. The summed E-state index contributed by atoms with van der Waals surface area (Å²) in [5, 5.41) is 3.66. The van der Waals surface area contributed by atoms with Gasteiger partial charge in [0.15, 0.2) is 6.29 Å². The third-order valence-electron chi connectivity index (χ3n) is 1.76.